The molecule has 41 heavy (non-hydrogen) atoms. The third-order valence-corrected chi connectivity index (χ3v) is 9.18. The average molecular weight is 565 g/mol. The molecule has 4 aromatic rings. The standard InChI is InChI=1S/C32H24N2O6S/c35-27(14-24-20-9-3-1-7-18(20)19-8-2-4-10-21(19)24)33-29-28(32(38)39)25-13-17(40-16-26(25)41-29)15-34-30(36)22-11-5-6-12-23(22)31(34)37/h1-12,17,24H,13-16H2,(H,33,35)(H,38,39). The van der Waals surface area contributed by atoms with Gasteiger partial charge in [-0.25, -0.2) is 4.79 Å². The lowest BCUT2D eigenvalue weighted by Gasteiger charge is -2.26. The fraction of sp³-hybridized carbons (Fsp3) is 0.188. The van der Waals surface area contributed by atoms with Gasteiger partial charge >= 0.3 is 5.97 Å². The van der Waals surface area contributed by atoms with E-state index in [0.717, 1.165) is 27.2 Å². The number of carbonyl (C=O) groups excluding carboxylic acids is 3. The Bertz CT molecular complexity index is 1700. The van der Waals surface area contributed by atoms with Gasteiger partial charge in [-0.05, 0) is 39.9 Å². The van der Waals surface area contributed by atoms with Crippen molar-refractivity contribution in [1.29, 1.82) is 0 Å². The molecule has 1 atom stereocenters. The van der Waals surface area contributed by atoms with E-state index in [0.29, 0.717) is 21.6 Å². The number of imide groups is 1. The summed E-state index contributed by atoms with van der Waals surface area (Å²) in [5.41, 5.74) is 5.71. The van der Waals surface area contributed by atoms with Crippen LogP contribution in [0.15, 0.2) is 72.8 Å². The van der Waals surface area contributed by atoms with Gasteiger partial charge in [-0.1, -0.05) is 60.7 Å². The molecule has 8 nitrogen and oxygen atoms in total. The van der Waals surface area contributed by atoms with Gasteiger partial charge in [0.05, 0.1) is 35.9 Å². The molecule has 0 fully saturated rings. The van der Waals surface area contributed by atoms with Crippen molar-refractivity contribution in [1.82, 2.24) is 4.90 Å². The van der Waals surface area contributed by atoms with Crippen LogP contribution in [0.2, 0.25) is 0 Å². The first-order valence-electron chi connectivity index (χ1n) is 13.3. The molecule has 9 heteroatoms. The van der Waals surface area contributed by atoms with E-state index in [9.17, 15) is 24.3 Å². The van der Waals surface area contributed by atoms with E-state index in [1.54, 1.807) is 24.3 Å². The zero-order valence-electron chi connectivity index (χ0n) is 21.8. The molecule has 0 saturated heterocycles. The second kappa shape index (κ2) is 9.79. The summed E-state index contributed by atoms with van der Waals surface area (Å²) in [5.74, 6) is -2.31. The molecule has 1 unspecified atom stereocenters. The van der Waals surface area contributed by atoms with Crippen molar-refractivity contribution in [2.24, 2.45) is 0 Å². The van der Waals surface area contributed by atoms with Gasteiger partial charge in [-0.15, -0.1) is 11.3 Å². The van der Waals surface area contributed by atoms with Gasteiger partial charge in [-0.3, -0.25) is 19.3 Å². The van der Waals surface area contributed by atoms with Crippen LogP contribution in [0.3, 0.4) is 0 Å². The number of hydrogen-bond acceptors (Lipinski definition) is 6. The Labute approximate surface area is 239 Å². The highest BCUT2D eigenvalue weighted by Gasteiger charge is 2.39. The summed E-state index contributed by atoms with van der Waals surface area (Å²) in [6, 6.07) is 22.7. The highest BCUT2D eigenvalue weighted by atomic mass is 32.1. The third-order valence-electron chi connectivity index (χ3n) is 8.06. The number of amides is 3. The summed E-state index contributed by atoms with van der Waals surface area (Å²) in [6.45, 7) is 0.149. The molecule has 7 rings (SSSR count). The summed E-state index contributed by atoms with van der Waals surface area (Å²) < 4.78 is 5.96. The van der Waals surface area contributed by atoms with Gasteiger partial charge in [-0.2, -0.15) is 0 Å². The number of nitrogens with zero attached hydrogens (tertiary/aromatic N) is 1. The number of nitrogens with one attached hydrogen (secondary N) is 1. The first-order valence-corrected chi connectivity index (χ1v) is 14.1. The Morgan fingerprint density at radius 1 is 0.878 bits per heavy atom. The number of benzene rings is 3. The highest BCUT2D eigenvalue weighted by Crippen LogP contribution is 2.46. The van der Waals surface area contributed by atoms with E-state index < -0.39 is 12.1 Å². The van der Waals surface area contributed by atoms with Gasteiger partial charge in [0.1, 0.15) is 5.00 Å². The number of rotatable bonds is 6. The summed E-state index contributed by atoms with van der Waals surface area (Å²) in [7, 11) is 0. The van der Waals surface area contributed by atoms with Gasteiger partial charge in [0.15, 0.2) is 0 Å². The van der Waals surface area contributed by atoms with Crippen LogP contribution in [-0.4, -0.2) is 46.3 Å². The second-order valence-electron chi connectivity index (χ2n) is 10.4. The van der Waals surface area contributed by atoms with Crippen LogP contribution in [0, 0.1) is 0 Å². The van der Waals surface area contributed by atoms with Crippen molar-refractivity contribution in [3.8, 4) is 11.1 Å². The Hall–Kier alpha value is -4.60. The smallest absolute Gasteiger partial charge is 0.339 e. The summed E-state index contributed by atoms with van der Waals surface area (Å²) >= 11 is 1.20. The molecule has 204 valence electrons. The molecule has 3 heterocycles. The maximum Gasteiger partial charge on any atom is 0.339 e. The fourth-order valence-electron chi connectivity index (χ4n) is 6.21. The van der Waals surface area contributed by atoms with Gasteiger partial charge < -0.3 is 15.2 Å². The number of carbonyl (C=O) groups is 4. The Balaban J connectivity index is 1.10. The third kappa shape index (κ3) is 4.16. The van der Waals surface area contributed by atoms with Crippen LogP contribution in [-0.2, 0) is 22.6 Å². The summed E-state index contributed by atoms with van der Waals surface area (Å²) in [5, 5.41) is 13.3. The van der Waals surface area contributed by atoms with Crippen LogP contribution >= 0.6 is 11.3 Å². The minimum atomic E-state index is -1.14. The fourth-order valence-corrected chi connectivity index (χ4v) is 7.37. The van der Waals surface area contributed by atoms with Crippen molar-refractivity contribution in [3.63, 3.8) is 0 Å². The number of carboxylic acids is 1. The van der Waals surface area contributed by atoms with Crippen molar-refractivity contribution >= 4 is 40.0 Å². The molecule has 0 spiro atoms. The van der Waals surface area contributed by atoms with Crippen LogP contribution in [0.1, 0.15) is 65.0 Å². The summed E-state index contributed by atoms with van der Waals surface area (Å²) in [6.07, 6.45) is -0.179. The van der Waals surface area contributed by atoms with E-state index in [1.807, 2.05) is 36.4 Å². The minimum Gasteiger partial charge on any atom is -0.478 e. The van der Waals surface area contributed by atoms with Crippen molar-refractivity contribution < 1.29 is 29.0 Å². The molecule has 0 radical (unpaired) electrons. The number of carboxylic acid groups (broad SMARTS) is 1. The maximum absolute atomic E-state index is 13.3. The zero-order chi connectivity index (χ0) is 28.2. The van der Waals surface area contributed by atoms with Crippen LogP contribution in [0.25, 0.3) is 11.1 Å². The number of thiophene rings is 1. The molecule has 0 bridgehead atoms. The van der Waals surface area contributed by atoms with Gasteiger partial charge in [0.25, 0.3) is 11.8 Å². The molecule has 0 saturated carbocycles. The number of ether oxygens (including phenoxy) is 1. The molecule has 3 aromatic carbocycles. The van der Waals surface area contributed by atoms with E-state index in [4.69, 9.17) is 4.74 Å². The van der Waals surface area contributed by atoms with Gasteiger partial charge in [0.2, 0.25) is 5.91 Å². The molecule has 3 aliphatic rings. The molecule has 2 N–H and O–H groups in total. The maximum atomic E-state index is 13.3. The Kier molecular flexibility index (Phi) is 6.06. The first kappa shape index (κ1) is 25.4. The molecule has 1 aromatic heterocycles. The Morgan fingerprint density at radius 3 is 2.02 bits per heavy atom. The van der Waals surface area contributed by atoms with E-state index in [2.05, 4.69) is 17.4 Å². The predicted octanol–water partition coefficient (Wildman–Crippen LogP) is 5.32. The number of aromatic carboxylic acids is 1. The molecule has 3 amide bonds. The van der Waals surface area contributed by atoms with Crippen molar-refractivity contribution in [2.45, 2.75) is 31.5 Å². The number of hydrogen-bond donors (Lipinski definition) is 2. The quantitative estimate of drug-likeness (QED) is 0.306. The van der Waals surface area contributed by atoms with Crippen molar-refractivity contribution in [3.05, 3.63) is 111 Å². The van der Waals surface area contributed by atoms with Crippen molar-refractivity contribution in [2.75, 3.05) is 11.9 Å². The molecular formula is C32H24N2O6S. The SMILES string of the molecule is O=C(CC1c2ccccc2-c2ccccc21)Nc1sc2c(c1C(=O)O)CC(CN1C(=O)c3ccccc3C1=O)OC2. The average Bonchev–Trinajstić information content (AvgIpc) is 3.57. The molecule has 1 aliphatic carbocycles. The molecule has 2 aliphatic heterocycles. The number of anilines is 1. The topological polar surface area (TPSA) is 113 Å². The van der Waals surface area contributed by atoms with Gasteiger partial charge in [0, 0.05) is 23.6 Å². The van der Waals surface area contributed by atoms with Crippen LogP contribution < -0.4 is 5.32 Å². The summed E-state index contributed by atoms with van der Waals surface area (Å²) in [4.78, 5) is 53.3. The van der Waals surface area contributed by atoms with Crippen LogP contribution in [0.5, 0.6) is 0 Å². The van der Waals surface area contributed by atoms with E-state index >= 15 is 0 Å². The molecular weight excluding hydrogens is 540 g/mol. The van der Waals surface area contributed by atoms with Crippen LogP contribution in [0.4, 0.5) is 5.00 Å². The zero-order valence-corrected chi connectivity index (χ0v) is 22.6. The second-order valence-corrected chi connectivity index (χ2v) is 11.5. The van der Waals surface area contributed by atoms with E-state index in [-0.39, 0.29) is 60.2 Å². The number of fused-ring (bicyclic) bond motifs is 5. The predicted molar refractivity (Wildman–Crippen MR) is 152 cm³/mol. The van der Waals surface area contributed by atoms with E-state index in [1.165, 1.54) is 11.3 Å². The Morgan fingerprint density at radius 2 is 1.44 bits per heavy atom. The normalized spacial score (nSPS) is 17.2. The lowest BCUT2D eigenvalue weighted by atomic mass is 9.93. The minimum absolute atomic E-state index is 0.0167. The highest BCUT2D eigenvalue weighted by molar-refractivity contribution is 7.17. The monoisotopic (exact) mass is 564 g/mol. The lowest BCUT2D eigenvalue weighted by Crippen LogP contribution is -2.40. The lowest BCUT2D eigenvalue weighted by molar-refractivity contribution is -0.116. The first-order chi connectivity index (χ1) is 19.9. The largest absolute Gasteiger partial charge is 0.478 e.